The summed E-state index contributed by atoms with van der Waals surface area (Å²) in [5.74, 6) is -1.95. The molecule has 1 heterocycles. The van der Waals surface area contributed by atoms with Crippen LogP contribution in [0.2, 0.25) is 0 Å². The fourth-order valence-electron chi connectivity index (χ4n) is 3.30. The molecule has 1 atom stereocenters. The Morgan fingerprint density at radius 1 is 0.929 bits per heavy atom. The van der Waals surface area contributed by atoms with Gasteiger partial charge in [0.2, 0.25) is 11.6 Å². The predicted molar refractivity (Wildman–Crippen MR) is 104 cm³/mol. The molecule has 0 bridgehead atoms. The standard InChI is InChI=1S/C21H17NO5S/c1-21(17-13-7-9-14-8-5-6-12-16(14)17)19(24)18(23)20(27-21)22-28(25,26)15-10-3-2-4-11-15/h2-13,22-23H,1H3. The molecule has 142 valence electrons. The Balaban J connectivity index is 1.73. The van der Waals surface area contributed by atoms with Crippen molar-refractivity contribution in [1.82, 2.24) is 4.72 Å². The lowest BCUT2D eigenvalue weighted by molar-refractivity contribution is -0.131. The van der Waals surface area contributed by atoms with E-state index >= 15 is 0 Å². The summed E-state index contributed by atoms with van der Waals surface area (Å²) in [6, 6.07) is 20.5. The van der Waals surface area contributed by atoms with Crippen LogP contribution in [0.4, 0.5) is 0 Å². The minimum absolute atomic E-state index is 0.00915. The number of ketones is 1. The van der Waals surface area contributed by atoms with Crippen LogP contribution >= 0.6 is 0 Å². The maximum atomic E-state index is 12.8. The van der Waals surface area contributed by atoms with Gasteiger partial charge < -0.3 is 9.84 Å². The van der Waals surface area contributed by atoms with Crippen molar-refractivity contribution in [3.05, 3.63) is 90.0 Å². The number of hydrogen-bond acceptors (Lipinski definition) is 5. The zero-order chi connectivity index (χ0) is 19.9. The molecule has 0 radical (unpaired) electrons. The van der Waals surface area contributed by atoms with Gasteiger partial charge in [-0.1, -0.05) is 60.7 Å². The molecule has 4 rings (SSSR count). The minimum Gasteiger partial charge on any atom is -0.501 e. The summed E-state index contributed by atoms with van der Waals surface area (Å²) < 4.78 is 33.0. The number of nitrogens with one attached hydrogen (secondary N) is 1. The third-order valence-electron chi connectivity index (χ3n) is 4.75. The summed E-state index contributed by atoms with van der Waals surface area (Å²) in [4.78, 5) is 12.8. The summed E-state index contributed by atoms with van der Waals surface area (Å²) in [5.41, 5.74) is -1.02. The SMILES string of the molecule is CC1(c2cccc3ccccc23)OC(NS(=O)(=O)c2ccccc2)=C(O)C1=O. The van der Waals surface area contributed by atoms with Crippen molar-refractivity contribution in [1.29, 1.82) is 0 Å². The van der Waals surface area contributed by atoms with Crippen molar-refractivity contribution >= 4 is 26.6 Å². The molecule has 2 N–H and O–H groups in total. The molecule has 1 aliphatic heterocycles. The maximum absolute atomic E-state index is 12.8. The maximum Gasteiger partial charge on any atom is 0.264 e. The van der Waals surface area contributed by atoms with Crippen LogP contribution in [-0.4, -0.2) is 19.3 Å². The van der Waals surface area contributed by atoms with Gasteiger partial charge in [-0.05, 0) is 29.8 Å². The Morgan fingerprint density at radius 2 is 1.57 bits per heavy atom. The number of hydrogen-bond donors (Lipinski definition) is 2. The third-order valence-corrected chi connectivity index (χ3v) is 6.10. The highest BCUT2D eigenvalue weighted by Gasteiger charge is 2.49. The second-order valence-electron chi connectivity index (χ2n) is 6.59. The summed E-state index contributed by atoms with van der Waals surface area (Å²) in [6.45, 7) is 1.51. The van der Waals surface area contributed by atoms with E-state index in [0.717, 1.165) is 10.8 Å². The molecule has 0 spiro atoms. The van der Waals surface area contributed by atoms with E-state index in [2.05, 4.69) is 4.72 Å². The van der Waals surface area contributed by atoms with Crippen LogP contribution in [0.25, 0.3) is 10.8 Å². The number of ether oxygens (including phenoxy) is 1. The van der Waals surface area contributed by atoms with Crippen LogP contribution in [-0.2, 0) is 25.2 Å². The molecule has 28 heavy (non-hydrogen) atoms. The lowest BCUT2D eigenvalue weighted by atomic mass is 9.88. The molecule has 0 aromatic heterocycles. The lowest BCUT2D eigenvalue weighted by Crippen LogP contribution is -2.32. The van der Waals surface area contributed by atoms with Gasteiger partial charge in [0.05, 0.1) is 4.90 Å². The van der Waals surface area contributed by atoms with E-state index in [9.17, 15) is 18.3 Å². The van der Waals surface area contributed by atoms with Gasteiger partial charge in [-0.25, -0.2) is 13.1 Å². The van der Waals surface area contributed by atoms with Crippen LogP contribution in [0.15, 0.2) is 89.3 Å². The first kappa shape index (κ1) is 18.1. The highest BCUT2D eigenvalue weighted by atomic mass is 32.2. The molecule has 7 heteroatoms. The van der Waals surface area contributed by atoms with Gasteiger partial charge in [0, 0.05) is 5.56 Å². The van der Waals surface area contributed by atoms with E-state index in [1.54, 1.807) is 30.3 Å². The second-order valence-corrected chi connectivity index (χ2v) is 8.27. The van der Waals surface area contributed by atoms with E-state index < -0.39 is 33.0 Å². The average Bonchev–Trinajstić information content (AvgIpc) is 2.92. The predicted octanol–water partition coefficient (Wildman–Crippen LogP) is 3.36. The van der Waals surface area contributed by atoms with E-state index in [0.29, 0.717) is 5.56 Å². The molecular weight excluding hydrogens is 378 g/mol. The van der Waals surface area contributed by atoms with Crippen molar-refractivity contribution in [2.75, 3.05) is 0 Å². The van der Waals surface area contributed by atoms with Crippen molar-refractivity contribution in [2.24, 2.45) is 0 Å². The zero-order valence-electron chi connectivity index (χ0n) is 14.9. The Hall–Kier alpha value is -3.32. The highest BCUT2D eigenvalue weighted by molar-refractivity contribution is 7.89. The number of sulfonamides is 1. The minimum atomic E-state index is -4.02. The topological polar surface area (TPSA) is 92.7 Å². The number of aliphatic hydroxyl groups is 1. The normalized spacial score (nSPS) is 19.7. The summed E-state index contributed by atoms with van der Waals surface area (Å²) in [6.07, 6.45) is 0. The molecule has 0 fully saturated rings. The van der Waals surface area contributed by atoms with Crippen LogP contribution in [0, 0.1) is 0 Å². The van der Waals surface area contributed by atoms with Crippen molar-refractivity contribution < 1.29 is 23.1 Å². The fourth-order valence-corrected chi connectivity index (χ4v) is 4.31. The Morgan fingerprint density at radius 3 is 2.32 bits per heavy atom. The van der Waals surface area contributed by atoms with Crippen molar-refractivity contribution in [3.63, 3.8) is 0 Å². The number of Topliss-reactive ketones (excluding diaryl/α,β-unsaturated/α-hetero) is 1. The van der Waals surface area contributed by atoms with Gasteiger partial charge in [0.1, 0.15) is 0 Å². The first-order chi connectivity index (χ1) is 13.3. The Labute approximate surface area is 162 Å². The largest absolute Gasteiger partial charge is 0.501 e. The molecule has 1 aliphatic rings. The van der Waals surface area contributed by atoms with Crippen LogP contribution in [0.3, 0.4) is 0 Å². The average molecular weight is 395 g/mol. The van der Waals surface area contributed by atoms with Gasteiger partial charge in [-0.2, -0.15) is 0 Å². The van der Waals surface area contributed by atoms with Crippen molar-refractivity contribution in [3.8, 4) is 0 Å². The van der Waals surface area contributed by atoms with Crippen LogP contribution in [0.5, 0.6) is 0 Å². The van der Waals surface area contributed by atoms with Gasteiger partial charge >= 0.3 is 0 Å². The molecule has 0 saturated heterocycles. The van der Waals surface area contributed by atoms with Gasteiger partial charge in [0.25, 0.3) is 15.8 Å². The molecule has 3 aromatic rings. The lowest BCUT2D eigenvalue weighted by Gasteiger charge is -2.25. The number of benzene rings is 3. The van der Waals surface area contributed by atoms with Crippen LogP contribution in [0.1, 0.15) is 12.5 Å². The third kappa shape index (κ3) is 2.80. The van der Waals surface area contributed by atoms with Gasteiger partial charge in [-0.3, -0.25) is 4.79 Å². The van der Waals surface area contributed by atoms with Gasteiger partial charge in [0.15, 0.2) is 5.60 Å². The Kier molecular flexibility index (Phi) is 4.12. The highest BCUT2D eigenvalue weighted by Crippen LogP contribution is 2.40. The molecule has 1 unspecified atom stereocenters. The first-order valence-corrected chi connectivity index (χ1v) is 10.0. The van der Waals surface area contributed by atoms with Crippen LogP contribution < -0.4 is 4.72 Å². The quantitative estimate of drug-likeness (QED) is 0.707. The van der Waals surface area contributed by atoms with E-state index in [1.165, 1.54) is 19.1 Å². The summed E-state index contributed by atoms with van der Waals surface area (Å²) in [7, 11) is -4.02. The summed E-state index contributed by atoms with van der Waals surface area (Å²) >= 11 is 0. The molecule has 0 saturated carbocycles. The van der Waals surface area contributed by atoms with E-state index in [-0.39, 0.29) is 4.90 Å². The fraction of sp³-hybridized carbons (Fsp3) is 0.0952. The molecule has 3 aromatic carbocycles. The van der Waals surface area contributed by atoms with E-state index in [4.69, 9.17) is 4.74 Å². The first-order valence-electron chi connectivity index (χ1n) is 8.56. The zero-order valence-corrected chi connectivity index (χ0v) is 15.7. The summed E-state index contributed by atoms with van der Waals surface area (Å²) in [5, 5.41) is 12.0. The van der Waals surface area contributed by atoms with E-state index in [1.807, 2.05) is 30.3 Å². The number of fused-ring (bicyclic) bond motifs is 1. The number of carbonyl (C=O) groups excluding carboxylic acids is 1. The number of carbonyl (C=O) groups is 1. The monoisotopic (exact) mass is 395 g/mol. The number of rotatable bonds is 4. The molecule has 0 amide bonds. The molecule has 6 nitrogen and oxygen atoms in total. The molecule has 0 aliphatic carbocycles. The van der Waals surface area contributed by atoms with Gasteiger partial charge in [-0.15, -0.1) is 0 Å². The van der Waals surface area contributed by atoms with Crippen molar-refractivity contribution in [2.45, 2.75) is 17.4 Å². The second kappa shape index (κ2) is 6.38. The Bertz CT molecular complexity index is 1210. The molecular formula is C21H17NO5S. The smallest absolute Gasteiger partial charge is 0.264 e. The number of aliphatic hydroxyl groups excluding tert-OH is 1.